The first-order chi connectivity index (χ1) is 20.3. The molecule has 3 aromatic rings. The first kappa shape index (κ1) is 29.8. The molecule has 0 unspecified atom stereocenters. The van der Waals surface area contributed by atoms with Crippen molar-refractivity contribution in [2.45, 2.75) is 51.9 Å². The second-order valence-corrected chi connectivity index (χ2v) is 12.1. The molecule has 0 spiro atoms. The van der Waals surface area contributed by atoms with Gasteiger partial charge in [0.05, 0.1) is 11.2 Å². The van der Waals surface area contributed by atoms with Crippen LogP contribution in [0.1, 0.15) is 65.2 Å². The Morgan fingerprint density at radius 3 is 2.38 bits per heavy atom. The zero-order valence-corrected chi connectivity index (χ0v) is 25.6. The fourth-order valence-corrected chi connectivity index (χ4v) is 7.02. The van der Waals surface area contributed by atoms with Crippen LogP contribution in [-0.2, 0) is 16.6 Å². The predicted octanol–water partition coefficient (Wildman–Crippen LogP) is 4.63. The molecular weight excluding hydrogens is 526 g/mol. The lowest BCUT2D eigenvalue weighted by Crippen LogP contribution is -2.43. The smallest absolute Gasteiger partial charge is 0.253 e. The van der Waals surface area contributed by atoms with Crippen molar-refractivity contribution < 1.29 is 14.4 Å². The van der Waals surface area contributed by atoms with Gasteiger partial charge in [-0.05, 0) is 88.2 Å². The van der Waals surface area contributed by atoms with Crippen LogP contribution in [0, 0.1) is 19.8 Å². The maximum Gasteiger partial charge on any atom is 0.253 e. The Morgan fingerprint density at radius 2 is 1.71 bits per heavy atom. The van der Waals surface area contributed by atoms with Gasteiger partial charge in [0, 0.05) is 63.3 Å². The fraction of sp³-hybridized carbons (Fsp3) is 0.500. The second kappa shape index (κ2) is 13.1. The summed E-state index contributed by atoms with van der Waals surface area (Å²) in [5.74, 6) is 1.19. The van der Waals surface area contributed by atoms with E-state index in [0.717, 1.165) is 87.1 Å². The van der Waals surface area contributed by atoms with E-state index in [1.807, 2.05) is 48.2 Å². The molecule has 8 heteroatoms. The predicted molar refractivity (Wildman–Crippen MR) is 168 cm³/mol. The molecule has 0 atom stereocenters. The fourth-order valence-electron chi connectivity index (χ4n) is 7.02. The molecule has 2 saturated heterocycles. The molecule has 224 valence electrons. The largest absolute Gasteiger partial charge is 0.359 e. The minimum atomic E-state index is -0.0779. The molecule has 5 rings (SSSR count). The van der Waals surface area contributed by atoms with Crippen LogP contribution in [0.3, 0.4) is 0 Å². The summed E-state index contributed by atoms with van der Waals surface area (Å²) in [5.41, 5.74) is 6.48. The maximum absolute atomic E-state index is 13.0. The summed E-state index contributed by atoms with van der Waals surface area (Å²) in [6, 6.07) is 14.1. The number of benzene rings is 2. The van der Waals surface area contributed by atoms with E-state index in [1.54, 1.807) is 11.9 Å². The number of carbonyl (C=O) groups excluding carboxylic acids is 3. The van der Waals surface area contributed by atoms with Crippen LogP contribution in [0.5, 0.6) is 0 Å². The van der Waals surface area contributed by atoms with Crippen molar-refractivity contribution in [1.29, 1.82) is 0 Å². The van der Waals surface area contributed by atoms with E-state index >= 15 is 0 Å². The monoisotopic (exact) mass is 571 g/mol. The third-order valence-corrected chi connectivity index (χ3v) is 9.51. The van der Waals surface area contributed by atoms with Gasteiger partial charge >= 0.3 is 0 Å². The van der Waals surface area contributed by atoms with E-state index in [1.165, 1.54) is 16.6 Å². The molecule has 1 N–H and O–H groups in total. The standard InChI is InChI=1S/C34H45N5O3/c1-24-7-5-8-28(21-24)34(42)38-18-11-26(12-19-38)22-37-16-13-27(14-17-37)32-25(2)36(4)33-29(32)9-6-10-30(33)39(23-40)20-15-31(41)35-3/h5-10,21,23,26-27H,11-20,22H2,1-4H3,(H,35,41). The number of hydrogen-bond donors (Lipinski definition) is 1. The summed E-state index contributed by atoms with van der Waals surface area (Å²) < 4.78 is 2.22. The van der Waals surface area contributed by atoms with Crippen LogP contribution in [0.4, 0.5) is 5.69 Å². The Balaban J connectivity index is 1.20. The molecule has 2 aliphatic heterocycles. The molecule has 3 amide bonds. The number of anilines is 1. The number of nitrogens with one attached hydrogen (secondary N) is 1. The van der Waals surface area contributed by atoms with Gasteiger partial charge in [0.25, 0.3) is 5.91 Å². The molecular formula is C34H45N5O3. The van der Waals surface area contributed by atoms with Crippen molar-refractivity contribution in [3.8, 4) is 0 Å². The van der Waals surface area contributed by atoms with E-state index < -0.39 is 0 Å². The average molecular weight is 572 g/mol. The minimum Gasteiger partial charge on any atom is -0.359 e. The van der Waals surface area contributed by atoms with Crippen LogP contribution in [0.15, 0.2) is 42.5 Å². The molecule has 2 fully saturated rings. The lowest BCUT2D eigenvalue weighted by Gasteiger charge is -2.38. The minimum absolute atomic E-state index is 0.0779. The summed E-state index contributed by atoms with van der Waals surface area (Å²) >= 11 is 0. The van der Waals surface area contributed by atoms with Gasteiger partial charge in [-0.1, -0.05) is 29.8 Å². The van der Waals surface area contributed by atoms with E-state index in [2.05, 4.69) is 34.8 Å². The Morgan fingerprint density at radius 1 is 1.00 bits per heavy atom. The molecule has 0 radical (unpaired) electrons. The number of aromatic nitrogens is 1. The summed E-state index contributed by atoms with van der Waals surface area (Å²) in [5, 5.41) is 3.85. The van der Waals surface area contributed by atoms with Crippen LogP contribution in [-0.4, -0.2) is 78.9 Å². The molecule has 2 aromatic carbocycles. The topological polar surface area (TPSA) is 77.9 Å². The third kappa shape index (κ3) is 6.24. The molecule has 1 aromatic heterocycles. The number of likely N-dealkylation sites (tertiary alicyclic amines) is 2. The van der Waals surface area contributed by atoms with Gasteiger partial charge in [-0.15, -0.1) is 0 Å². The van der Waals surface area contributed by atoms with Gasteiger partial charge in [0.15, 0.2) is 0 Å². The molecule has 42 heavy (non-hydrogen) atoms. The summed E-state index contributed by atoms with van der Waals surface area (Å²) in [4.78, 5) is 43.2. The van der Waals surface area contributed by atoms with E-state index in [4.69, 9.17) is 0 Å². The van der Waals surface area contributed by atoms with Crippen LogP contribution in [0.2, 0.25) is 0 Å². The van der Waals surface area contributed by atoms with Crippen molar-refractivity contribution in [1.82, 2.24) is 19.7 Å². The number of piperidine rings is 2. The van der Waals surface area contributed by atoms with E-state index in [0.29, 0.717) is 18.4 Å². The Hall–Kier alpha value is -3.65. The zero-order chi connectivity index (χ0) is 29.8. The highest BCUT2D eigenvalue weighted by molar-refractivity contribution is 5.99. The molecule has 2 aliphatic rings. The SMILES string of the molecule is CNC(=O)CCN(C=O)c1cccc2c(C3CCN(CC4CCN(C(=O)c5cccc(C)c5)CC4)CC3)c(C)n(C)c12. The highest BCUT2D eigenvalue weighted by Crippen LogP contribution is 2.40. The normalized spacial score (nSPS) is 17.0. The molecule has 0 saturated carbocycles. The number of amides is 3. The van der Waals surface area contributed by atoms with Crippen LogP contribution < -0.4 is 10.2 Å². The lowest BCUT2D eigenvalue weighted by molar-refractivity contribution is -0.120. The number of nitrogens with zero attached hydrogens (tertiary/aromatic N) is 4. The first-order valence-corrected chi connectivity index (χ1v) is 15.4. The van der Waals surface area contributed by atoms with Crippen molar-refractivity contribution in [3.63, 3.8) is 0 Å². The average Bonchev–Trinajstić information content (AvgIpc) is 3.27. The quantitative estimate of drug-likeness (QED) is 0.380. The van der Waals surface area contributed by atoms with Gasteiger partial charge in [-0.2, -0.15) is 0 Å². The second-order valence-electron chi connectivity index (χ2n) is 12.1. The zero-order valence-electron chi connectivity index (χ0n) is 25.6. The Bertz CT molecular complexity index is 1430. The highest BCUT2D eigenvalue weighted by Gasteiger charge is 2.30. The molecule has 3 heterocycles. The van der Waals surface area contributed by atoms with Gasteiger partial charge in [0.1, 0.15) is 0 Å². The molecule has 8 nitrogen and oxygen atoms in total. The van der Waals surface area contributed by atoms with Crippen molar-refractivity contribution >= 4 is 34.8 Å². The number of aryl methyl sites for hydroxylation is 2. The van der Waals surface area contributed by atoms with Gasteiger partial charge in [-0.25, -0.2) is 0 Å². The Kier molecular flexibility index (Phi) is 9.31. The number of carbonyl (C=O) groups is 3. The summed E-state index contributed by atoms with van der Waals surface area (Å²) in [7, 11) is 3.70. The van der Waals surface area contributed by atoms with Crippen LogP contribution >= 0.6 is 0 Å². The number of rotatable bonds is 9. The van der Waals surface area contributed by atoms with Gasteiger partial charge < -0.3 is 24.6 Å². The number of hydrogen-bond acceptors (Lipinski definition) is 4. The van der Waals surface area contributed by atoms with Gasteiger partial charge in [-0.3, -0.25) is 14.4 Å². The number of fused-ring (bicyclic) bond motifs is 1. The van der Waals surface area contributed by atoms with E-state index in [9.17, 15) is 14.4 Å². The summed E-state index contributed by atoms with van der Waals surface area (Å²) in [6.45, 7) is 9.51. The summed E-state index contributed by atoms with van der Waals surface area (Å²) in [6.07, 6.45) is 5.46. The third-order valence-electron chi connectivity index (χ3n) is 9.51. The maximum atomic E-state index is 13.0. The van der Waals surface area contributed by atoms with Crippen LogP contribution in [0.25, 0.3) is 10.9 Å². The highest BCUT2D eigenvalue weighted by atomic mass is 16.2. The molecule has 0 bridgehead atoms. The number of para-hydroxylation sites is 1. The van der Waals surface area contributed by atoms with Crippen molar-refractivity contribution in [2.75, 3.05) is 51.2 Å². The van der Waals surface area contributed by atoms with Gasteiger partial charge in [0.2, 0.25) is 12.3 Å². The Labute approximate surface area is 249 Å². The lowest BCUT2D eigenvalue weighted by atomic mass is 9.86. The van der Waals surface area contributed by atoms with Crippen molar-refractivity contribution in [3.05, 3.63) is 64.8 Å². The molecule has 0 aliphatic carbocycles. The first-order valence-electron chi connectivity index (χ1n) is 15.4. The van der Waals surface area contributed by atoms with E-state index in [-0.39, 0.29) is 18.2 Å². The van der Waals surface area contributed by atoms with Crippen molar-refractivity contribution in [2.24, 2.45) is 13.0 Å².